The fourth-order valence-corrected chi connectivity index (χ4v) is 2.67. The Labute approximate surface area is 129 Å². The normalized spacial score (nSPS) is 11.6. The number of hydrogen-bond acceptors (Lipinski definition) is 5. The fraction of sp³-hybridized carbons (Fsp3) is 0.200. The first-order chi connectivity index (χ1) is 11.0. The Morgan fingerprint density at radius 2 is 2.04 bits per heavy atom. The van der Waals surface area contributed by atoms with Crippen molar-refractivity contribution in [1.29, 1.82) is 0 Å². The minimum absolute atomic E-state index is 0.162. The molecule has 0 aliphatic carbocycles. The zero-order valence-corrected chi connectivity index (χ0v) is 12.6. The van der Waals surface area contributed by atoms with Crippen LogP contribution in [0.2, 0.25) is 0 Å². The molecule has 0 aliphatic heterocycles. The molecule has 8 nitrogen and oxygen atoms in total. The quantitative estimate of drug-likeness (QED) is 0.541. The van der Waals surface area contributed by atoms with E-state index in [9.17, 15) is 9.59 Å². The van der Waals surface area contributed by atoms with E-state index in [1.165, 1.54) is 20.1 Å². The summed E-state index contributed by atoms with van der Waals surface area (Å²) in [6.45, 7) is 0.335. The van der Waals surface area contributed by atoms with E-state index >= 15 is 0 Å². The summed E-state index contributed by atoms with van der Waals surface area (Å²) in [5.41, 5.74) is 2.92. The molecule has 116 valence electrons. The molecule has 0 saturated carbocycles. The first-order valence-electron chi connectivity index (χ1n) is 7.00. The lowest BCUT2D eigenvalue weighted by molar-refractivity contribution is 0.527. The van der Waals surface area contributed by atoms with Crippen LogP contribution in [0.1, 0.15) is 5.56 Å². The van der Waals surface area contributed by atoms with Crippen molar-refractivity contribution in [2.24, 2.45) is 14.1 Å². The standard InChI is InChI=1S/C15H13N5O3/c1-18-11-4-3-9(5-12(11)23-15(18)22)7-20-8-16-10-6-17-19(2)13(10)14(20)21/h3-6,8H,7H2,1-2H3. The van der Waals surface area contributed by atoms with Crippen LogP contribution < -0.4 is 11.3 Å². The maximum atomic E-state index is 12.5. The first-order valence-corrected chi connectivity index (χ1v) is 7.00. The van der Waals surface area contributed by atoms with Crippen molar-refractivity contribution >= 4 is 22.1 Å². The molecule has 8 heteroatoms. The van der Waals surface area contributed by atoms with E-state index in [0.717, 1.165) is 5.56 Å². The summed E-state index contributed by atoms with van der Waals surface area (Å²) in [6.07, 6.45) is 3.06. The van der Waals surface area contributed by atoms with Crippen LogP contribution in [0.25, 0.3) is 22.1 Å². The fourth-order valence-electron chi connectivity index (χ4n) is 2.67. The van der Waals surface area contributed by atoms with Gasteiger partial charge >= 0.3 is 5.76 Å². The maximum Gasteiger partial charge on any atom is 0.419 e. The number of oxazole rings is 1. The molecule has 0 unspecified atom stereocenters. The van der Waals surface area contributed by atoms with E-state index < -0.39 is 5.76 Å². The van der Waals surface area contributed by atoms with Gasteiger partial charge in [0, 0.05) is 14.1 Å². The Morgan fingerprint density at radius 1 is 1.22 bits per heavy atom. The van der Waals surface area contributed by atoms with Gasteiger partial charge in [0.25, 0.3) is 5.56 Å². The van der Waals surface area contributed by atoms with Crippen molar-refractivity contribution < 1.29 is 4.42 Å². The van der Waals surface area contributed by atoms with Gasteiger partial charge in [-0.3, -0.25) is 18.6 Å². The monoisotopic (exact) mass is 311 g/mol. The summed E-state index contributed by atoms with van der Waals surface area (Å²) in [5, 5.41) is 4.05. The zero-order chi connectivity index (χ0) is 16.1. The third-order valence-electron chi connectivity index (χ3n) is 3.93. The average Bonchev–Trinajstić information content (AvgIpc) is 3.04. The summed E-state index contributed by atoms with van der Waals surface area (Å²) in [7, 11) is 3.36. The second-order valence-corrected chi connectivity index (χ2v) is 5.41. The van der Waals surface area contributed by atoms with Crippen molar-refractivity contribution in [3.8, 4) is 0 Å². The van der Waals surface area contributed by atoms with Crippen molar-refractivity contribution in [2.75, 3.05) is 0 Å². The number of benzene rings is 1. The average molecular weight is 311 g/mol. The van der Waals surface area contributed by atoms with Gasteiger partial charge in [-0.15, -0.1) is 0 Å². The van der Waals surface area contributed by atoms with Crippen LogP contribution in [0.5, 0.6) is 0 Å². The van der Waals surface area contributed by atoms with Crippen LogP contribution in [-0.4, -0.2) is 23.9 Å². The lowest BCUT2D eigenvalue weighted by atomic mass is 10.2. The molecular weight excluding hydrogens is 298 g/mol. The van der Waals surface area contributed by atoms with Crippen LogP contribution in [0.15, 0.2) is 44.7 Å². The molecule has 0 spiro atoms. The third kappa shape index (κ3) is 1.99. The van der Waals surface area contributed by atoms with Crippen molar-refractivity contribution in [1.82, 2.24) is 23.9 Å². The SMILES string of the molecule is Cn1ncc2ncn(Cc3ccc4c(c3)oc(=O)n4C)c(=O)c21. The Hall–Kier alpha value is -3.16. The number of fused-ring (bicyclic) bond motifs is 2. The largest absolute Gasteiger partial charge is 0.419 e. The molecule has 4 aromatic rings. The van der Waals surface area contributed by atoms with Gasteiger partial charge in [-0.2, -0.15) is 5.10 Å². The Morgan fingerprint density at radius 3 is 2.87 bits per heavy atom. The number of aryl methyl sites for hydroxylation is 2. The molecule has 0 saturated heterocycles. The lowest BCUT2D eigenvalue weighted by Gasteiger charge is -2.06. The molecule has 4 rings (SSSR count). The van der Waals surface area contributed by atoms with Gasteiger partial charge in [0.05, 0.1) is 24.6 Å². The zero-order valence-electron chi connectivity index (χ0n) is 12.6. The van der Waals surface area contributed by atoms with Crippen LogP contribution in [0.3, 0.4) is 0 Å². The highest BCUT2D eigenvalue weighted by molar-refractivity contribution is 5.74. The van der Waals surface area contributed by atoms with E-state index in [1.54, 1.807) is 32.4 Å². The van der Waals surface area contributed by atoms with Crippen LogP contribution in [0, 0.1) is 0 Å². The molecule has 0 atom stereocenters. The highest BCUT2D eigenvalue weighted by Crippen LogP contribution is 2.15. The van der Waals surface area contributed by atoms with Gasteiger partial charge in [0.1, 0.15) is 5.52 Å². The third-order valence-corrected chi connectivity index (χ3v) is 3.93. The van der Waals surface area contributed by atoms with Gasteiger partial charge < -0.3 is 4.42 Å². The summed E-state index contributed by atoms with van der Waals surface area (Å²) < 4.78 is 9.63. The smallest absolute Gasteiger partial charge is 0.408 e. The van der Waals surface area contributed by atoms with Gasteiger partial charge in [-0.25, -0.2) is 9.78 Å². The molecule has 3 heterocycles. The molecule has 0 radical (unpaired) electrons. The summed E-state index contributed by atoms with van der Waals surface area (Å²) in [6, 6.07) is 5.42. The molecule has 3 aromatic heterocycles. The number of rotatable bonds is 2. The summed E-state index contributed by atoms with van der Waals surface area (Å²) in [5.74, 6) is -0.410. The minimum atomic E-state index is -0.410. The van der Waals surface area contributed by atoms with Crippen LogP contribution >= 0.6 is 0 Å². The van der Waals surface area contributed by atoms with Crippen LogP contribution in [-0.2, 0) is 20.6 Å². The summed E-state index contributed by atoms with van der Waals surface area (Å²) >= 11 is 0. The molecule has 0 N–H and O–H groups in total. The van der Waals surface area contributed by atoms with Crippen molar-refractivity contribution in [2.45, 2.75) is 6.54 Å². The van der Waals surface area contributed by atoms with E-state index in [-0.39, 0.29) is 5.56 Å². The number of nitrogens with zero attached hydrogens (tertiary/aromatic N) is 5. The molecule has 1 aromatic carbocycles. The second kappa shape index (κ2) is 4.67. The van der Waals surface area contributed by atoms with Gasteiger partial charge in [-0.05, 0) is 17.7 Å². The predicted octanol–water partition coefficient (Wildman–Crippen LogP) is 0.623. The number of hydrogen-bond donors (Lipinski definition) is 0. The van der Waals surface area contributed by atoms with E-state index in [2.05, 4.69) is 10.1 Å². The maximum absolute atomic E-state index is 12.5. The Bertz CT molecular complexity index is 1160. The highest BCUT2D eigenvalue weighted by atomic mass is 16.4. The van der Waals surface area contributed by atoms with Crippen molar-refractivity contribution in [3.63, 3.8) is 0 Å². The molecule has 23 heavy (non-hydrogen) atoms. The van der Waals surface area contributed by atoms with Gasteiger partial charge in [0.15, 0.2) is 11.1 Å². The topological polar surface area (TPSA) is 87.8 Å². The van der Waals surface area contributed by atoms with E-state index in [1.807, 2.05) is 6.07 Å². The predicted molar refractivity (Wildman–Crippen MR) is 83.3 cm³/mol. The minimum Gasteiger partial charge on any atom is -0.408 e. The molecule has 0 fully saturated rings. The van der Waals surface area contributed by atoms with Gasteiger partial charge in [-0.1, -0.05) is 6.07 Å². The van der Waals surface area contributed by atoms with Crippen molar-refractivity contribution in [3.05, 3.63) is 57.2 Å². The first kappa shape index (κ1) is 13.5. The van der Waals surface area contributed by atoms with E-state index in [0.29, 0.717) is 28.7 Å². The van der Waals surface area contributed by atoms with Gasteiger partial charge in [0.2, 0.25) is 0 Å². The second-order valence-electron chi connectivity index (χ2n) is 5.41. The molecule has 0 amide bonds. The van der Waals surface area contributed by atoms with Crippen LogP contribution in [0.4, 0.5) is 0 Å². The number of aromatic nitrogens is 5. The molecule has 0 aliphatic rings. The molecular formula is C15H13N5O3. The van der Waals surface area contributed by atoms with E-state index in [4.69, 9.17) is 4.42 Å². The Balaban J connectivity index is 1.81. The highest BCUT2D eigenvalue weighted by Gasteiger charge is 2.10. The molecule has 0 bridgehead atoms. The Kier molecular flexibility index (Phi) is 2.74. The summed E-state index contributed by atoms with van der Waals surface area (Å²) in [4.78, 5) is 28.3. The lowest BCUT2D eigenvalue weighted by Crippen LogP contribution is -2.22.